The summed E-state index contributed by atoms with van der Waals surface area (Å²) in [5.74, 6) is -1.69. The first-order valence-electron chi connectivity index (χ1n) is 5.83. The van der Waals surface area contributed by atoms with Gasteiger partial charge in [-0.05, 0) is 29.8 Å². The Kier molecular flexibility index (Phi) is 4.60. The molecule has 0 radical (unpaired) electrons. The lowest BCUT2D eigenvalue weighted by Crippen LogP contribution is -2.08. The van der Waals surface area contributed by atoms with E-state index in [0.29, 0.717) is 5.75 Å². The number of aromatic nitrogens is 1. The first kappa shape index (κ1) is 14.4. The molecule has 0 saturated heterocycles. The van der Waals surface area contributed by atoms with Crippen LogP contribution >= 0.6 is 0 Å². The summed E-state index contributed by atoms with van der Waals surface area (Å²) < 4.78 is 36.1. The fourth-order valence-corrected chi connectivity index (χ4v) is 1.69. The maximum absolute atomic E-state index is 13.2. The van der Waals surface area contributed by atoms with Crippen molar-refractivity contribution in [3.8, 4) is 5.75 Å². The highest BCUT2D eigenvalue weighted by atomic mass is 19.2. The Hall–Kier alpha value is -2.05. The number of hydrogen-bond acceptors (Lipinski definition) is 4. The van der Waals surface area contributed by atoms with Gasteiger partial charge in [0.15, 0.2) is 18.4 Å². The van der Waals surface area contributed by atoms with E-state index in [0.717, 1.165) is 12.1 Å². The van der Waals surface area contributed by atoms with E-state index >= 15 is 0 Å². The summed E-state index contributed by atoms with van der Waals surface area (Å²) in [5, 5.41) is 10.2. The standard InChI is InChI=1S/C14H13F2NO3/c1-19-8-20-12-3-2-6-17-13(12)14(18)9-4-5-10(15)11(16)7-9/h2-7,14,18H,8H2,1H3. The molecule has 106 valence electrons. The third-order valence-corrected chi connectivity index (χ3v) is 2.65. The van der Waals surface area contributed by atoms with Crippen molar-refractivity contribution in [3.05, 3.63) is 59.4 Å². The minimum atomic E-state index is -1.22. The highest BCUT2D eigenvalue weighted by Gasteiger charge is 2.18. The van der Waals surface area contributed by atoms with Crippen LogP contribution in [0.25, 0.3) is 0 Å². The van der Waals surface area contributed by atoms with E-state index in [4.69, 9.17) is 9.47 Å². The minimum absolute atomic E-state index is 0.0107. The van der Waals surface area contributed by atoms with Crippen molar-refractivity contribution in [1.82, 2.24) is 4.98 Å². The van der Waals surface area contributed by atoms with E-state index in [9.17, 15) is 13.9 Å². The second-order valence-corrected chi connectivity index (χ2v) is 4.01. The van der Waals surface area contributed by atoms with Crippen LogP contribution in [0.5, 0.6) is 5.75 Å². The SMILES string of the molecule is COCOc1cccnc1C(O)c1ccc(F)c(F)c1. The van der Waals surface area contributed by atoms with Gasteiger partial charge in [-0.3, -0.25) is 4.98 Å². The number of methoxy groups -OCH3 is 1. The van der Waals surface area contributed by atoms with Gasteiger partial charge in [-0.25, -0.2) is 8.78 Å². The highest BCUT2D eigenvalue weighted by Crippen LogP contribution is 2.28. The number of rotatable bonds is 5. The maximum atomic E-state index is 13.2. The van der Waals surface area contributed by atoms with Crippen molar-refractivity contribution >= 4 is 0 Å². The summed E-state index contributed by atoms with van der Waals surface area (Å²) in [6, 6.07) is 6.40. The van der Waals surface area contributed by atoms with Gasteiger partial charge in [0.1, 0.15) is 17.5 Å². The topological polar surface area (TPSA) is 51.6 Å². The van der Waals surface area contributed by atoms with Gasteiger partial charge in [0.25, 0.3) is 0 Å². The predicted octanol–water partition coefficient (Wildman–Crippen LogP) is 2.42. The molecule has 20 heavy (non-hydrogen) atoms. The average Bonchev–Trinajstić information content (AvgIpc) is 2.47. The van der Waals surface area contributed by atoms with E-state index < -0.39 is 17.7 Å². The van der Waals surface area contributed by atoms with Crippen molar-refractivity contribution in [2.75, 3.05) is 13.9 Å². The molecule has 1 N–H and O–H groups in total. The second-order valence-electron chi connectivity index (χ2n) is 4.01. The monoisotopic (exact) mass is 281 g/mol. The normalized spacial score (nSPS) is 12.2. The zero-order chi connectivity index (χ0) is 14.5. The van der Waals surface area contributed by atoms with Gasteiger partial charge in [0.05, 0.1) is 0 Å². The van der Waals surface area contributed by atoms with E-state index in [-0.39, 0.29) is 18.1 Å². The maximum Gasteiger partial charge on any atom is 0.188 e. The van der Waals surface area contributed by atoms with Crippen LogP contribution < -0.4 is 4.74 Å². The van der Waals surface area contributed by atoms with Gasteiger partial charge in [-0.1, -0.05) is 6.07 Å². The predicted molar refractivity (Wildman–Crippen MR) is 67.2 cm³/mol. The molecule has 2 rings (SSSR count). The Morgan fingerprint density at radius 3 is 2.75 bits per heavy atom. The van der Waals surface area contributed by atoms with E-state index in [1.807, 2.05) is 0 Å². The lowest BCUT2D eigenvalue weighted by molar-refractivity contribution is 0.0482. The molecule has 1 heterocycles. The van der Waals surface area contributed by atoms with E-state index in [1.165, 1.54) is 19.4 Å². The van der Waals surface area contributed by atoms with Crippen molar-refractivity contribution in [1.29, 1.82) is 0 Å². The Bertz CT molecular complexity index is 592. The molecule has 0 amide bonds. The Labute approximate surface area is 114 Å². The second kappa shape index (κ2) is 6.40. The molecule has 0 aliphatic rings. The first-order valence-corrected chi connectivity index (χ1v) is 5.83. The summed E-state index contributed by atoms with van der Waals surface area (Å²) >= 11 is 0. The summed E-state index contributed by atoms with van der Waals surface area (Å²) in [7, 11) is 1.46. The molecule has 2 aromatic rings. The van der Waals surface area contributed by atoms with Crippen molar-refractivity contribution in [2.45, 2.75) is 6.10 Å². The van der Waals surface area contributed by atoms with Crippen LogP contribution in [0.15, 0.2) is 36.5 Å². The molecular formula is C14H13F2NO3. The van der Waals surface area contributed by atoms with Crippen LogP contribution in [0.3, 0.4) is 0 Å². The number of aliphatic hydroxyl groups is 1. The molecule has 1 unspecified atom stereocenters. The minimum Gasteiger partial charge on any atom is -0.466 e. The number of halogens is 2. The zero-order valence-corrected chi connectivity index (χ0v) is 10.7. The molecule has 0 bridgehead atoms. The van der Waals surface area contributed by atoms with Gasteiger partial charge in [-0.15, -0.1) is 0 Å². The van der Waals surface area contributed by atoms with Gasteiger partial charge < -0.3 is 14.6 Å². The lowest BCUT2D eigenvalue weighted by atomic mass is 10.1. The van der Waals surface area contributed by atoms with Crippen LogP contribution in [0.4, 0.5) is 8.78 Å². The molecule has 0 saturated carbocycles. The molecule has 1 aromatic carbocycles. The number of benzene rings is 1. The average molecular weight is 281 g/mol. The Balaban J connectivity index is 2.32. The number of pyridine rings is 1. The Morgan fingerprint density at radius 2 is 2.05 bits per heavy atom. The highest BCUT2D eigenvalue weighted by molar-refractivity contribution is 5.35. The number of nitrogens with zero attached hydrogens (tertiary/aromatic N) is 1. The smallest absolute Gasteiger partial charge is 0.188 e. The van der Waals surface area contributed by atoms with Gasteiger partial charge >= 0.3 is 0 Å². The molecule has 1 atom stereocenters. The lowest BCUT2D eigenvalue weighted by Gasteiger charge is -2.15. The van der Waals surface area contributed by atoms with Crippen LogP contribution in [-0.4, -0.2) is 24.0 Å². The quantitative estimate of drug-likeness (QED) is 0.855. The molecule has 0 aliphatic carbocycles. The molecule has 0 fully saturated rings. The number of hydrogen-bond donors (Lipinski definition) is 1. The Morgan fingerprint density at radius 1 is 1.25 bits per heavy atom. The fourth-order valence-electron chi connectivity index (χ4n) is 1.69. The largest absolute Gasteiger partial charge is 0.466 e. The van der Waals surface area contributed by atoms with E-state index in [2.05, 4.69) is 4.98 Å². The zero-order valence-electron chi connectivity index (χ0n) is 10.7. The summed E-state index contributed by atoms with van der Waals surface area (Å²) in [6.45, 7) is -0.0107. The molecule has 0 aliphatic heterocycles. The molecular weight excluding hydrogens is 268 g/mol. The van der Waals surface area contributed by atoms with Gasteiger partial charge in [0, 0.05) is 13.3 Å². The third-order valence-electron chi connectivity index (χ3n) is 2.65. The van der Waals surface area contributed by atoms with Crippen LogP contribution in [0, 0.1) is 11.6 Å². The van der Waals surface area contributed by atoms with Crippen LogP contribution in [0.1, 0.15) is 17.4 Å². The molecule has 6 heteroatoms. The fraction of sp³-hybridized carbons (Fsp3) is 0.214. The van der Waals surface area contributed by atoms with Crippen LogP contribution in [0.2, 0.25) is 0 Å². The third kappa shape index (κ3) is 3.09. The summed E-state index contributed by atoms with van der Waals surface area (Å²) in [4.78, 5) is 4.01. The van der Waals surface area contributed by atoms with E-state index in [1.54, 1.807) is 12.1 Å². The number of ether oxygens (including phenoxy) is 2. The van der Waals surface area contributed by atoms with Crippen molar-refractivity contribution < 1.29 is 23.4 Å². The van der Waals surface area contributed by atoms with Gasteiger partial charge in [0.2, 0.25) is 0 Å². The molecule has 0 spiro atoms. The van der Waals surface area contributed by atoms with Gasteiger partial charge in [-0.2, -0.15) is 0 Å². The van der Waals surface area contributed by atoms with Crippen LogP contribution in [-0.2, 0) is 4.74 Å². The first-order chi connectivity index (χ1) is 9.63. The summed E-state index contributed by atoms with van der Waals surface area (Å²) in [5.41, 5.74) is 0.389. The molecule has 4 nitrogen and oxygen atoms in total. The van der Waals surface area contributed by atoms with Crippen molar-refractivity contribution in [2.24, 2.45) is 0 Å². The summed E-state index contributed by atoms with van der Waals surface area (Å²) in [6.07, 6.45) is 0.246. The number of aliphatic hydroxyl groups excluding tert-OH is 1. The molecule has 1 aromatic heterocycles. The van der Waals surface area contributed by atoms with Crippen molar-refractivity contribution in [3.63, 3.8) is 0 Å².